The summed E-state index contributed by atoms with van der Waals surface area (Å²) < 4.78 is 0. The van der Waals surface area contributed by atoms with Crippen LogP contribution >= 0.6 is 0 Å². The molecule has 1 aromatic carbocycles. The summed E-state index contributed by atoms with van der Waals surface area (Å²) in [6.45, 7) is 5.52. The molecular weight excluding hydrogens is 312 g/mol. The average Bonchev–Trinajstić information content (AvgIpc) is 3.05. The van der Waals surface area contributed by atoms with Crippen LogP contribution in [-0.4, -0.2) is 52.3 Å². The number of hydrogen-bond donors (Lipinski definition) is 1. The molecule has 1 saturated heterocycles. The van der Waals surface area contributed by atoms with Crippen molar-refractivity contribution in [2.75, 3.05) is 25.0 Å². The molecule has 1 aliphatic heterocycles. The second kappa shape index (κ2) is 7.76. The number of benzene rings is 1. The van der Waals surface area contributed by atoms with Gasteiger partial charge in [-0.1, -0.05) is 6.07 Å². The Morgan fingerprint density at radius 3 is 2.71 bits per heavy atom. The molecule has 1 fully saturated rings. The van der Waals surface area contributed by atoms with E-state index in [-0.39, 0.29) is 11.6 Å². The zero-order chi connectivity index (χ0) is 17.7. The summed E-state index contributed by atoms with van der Waals surface area (Å²) in [5, 5.41) is 13.5. The smallest absolute Gasteiger partial charge is 0.322 e. The second-order valence-electron chi connectivity index (χ2n) is 5.60. The van der Waals surface area contributed by atoms with Gasteiger partial charge in [-0.3, -0.25) is 14.9 Å². The average molecular weight is 334 g/mol. The number of carbonyl (C=O) groups excluding carboxylic acids is 2. The highest BCUT2D eigenvalue weighted by Gasteiger charge is 2.36. The van der Waals surface area contributed by atoms with Crippen LogP contribution in [0.2, 0.25) is 0 Å². The standard InChI is InChI=1S/C16H22N4O4/c1-3-18(4-2)15(21)14-9-6-10-19(14)16(22)17-12-7-5-8-13(11-12)20(23)24/h5,7-8,11,14H,3-4,6,9-10H2,1-2H3,(H,17,22)/t14-/m1/s1. The van der Waals surface area contributed by atoms with Crippen molar-refractivity contribution in [3.8, 4) is 0 Å². The molecule has 1 atom stereocenters. The van der Waals surface area contributed by atoms with Crippen LogP contribution in [0.5, 0.6) is 0 Å². The fourth-order valence-electron chi connectivity index (χ4n) is 2.91. The van der Waals surface area contributed by atoms with Crippen molar-refractivity contribution in [2.45, 2.75) is 32.7 Å². The zero-order valence-electron chi connectivity index (χ0n) is 13.9. The largest absolute Gasteiger partial charge is 0.341 e. The number of amides is 3. The van der Waals surface area contributed by atoms with E-state index < -0.39 is 17.0 Å². The SMILES string of the molecule is CCN(CC)C(=O)[C@H]1CCCN1C(=O)Nc1cccc([N+](=O)[O-])c1. The first kappa shape index (κ1) is 17.7. The molecule has 130 valence electrons. The van der Waals surface area contributed by atoms with Gasteiger partial charge in [0.05, 0.1) is 4.92 Å². The van der Waals surface area contributed by atoms with Gasteiger partial charge in [0.2, 0.25) is 5.91 Å². The zero-order valence-corrected chi connectivity index (χ0v) is 13.9. The molecule has 1 aliphatic rings. The van der Waals surface area contributed by atoms with Crippen molar-refractivity contribution in [2.24, 2.45) is 0 Å². The number of nitro groups is 1. The predicted octanol–water partition coefficient (Wildman–Crippen LogP) is 2.46. The van der Waals surface area contributed by atoms with E-state index in [2.05, 4.69) is 5.32 Å². The highest BCUT2D eigenvalue weighted by molar-refractivity contribution is 5.94. The number of hydrogen-bond acceptors (Lipinski definition) is 4. The quantitative estimate of drug-likeness (QED) is 0.661. The van der Waals surface area contributed by atoms with E-state index in [9.17, 15) is 19.7 Å². The van der Waals surface area contributed by atoms with Gasteiger partial charge in [-0.05, 0) is 32.8 Å². The Kier molecular flexibility index (Phi) is 5.73. The lowest BCUT2D eigenvalue weighted by Gasteiger charge is -2.29. The third kappa shape index (κ3) is 3.81. The molecule has 1 heterocycles. The van der Waals surface area contributed by atoms with Crippen LogP contribution in [0, 0.1) is 10.1 Å². The van der Waals surface area contributed by atoms with E-state index >= 15 is 0 Å². The molecule has 0 aromatic heterocycles. The topological polar surface area (TPSA) is 95.8 Å². The van der Waals surface area contributed by atoms with Gasteiger partial charge in [0.25, 0.3) is 5.69 Å². The number of carbonyl (C=O) groups is 2. The van der Waals surface area contributed by atoms with Crippen LogP contribution in [0.25, 0.3) is 0 Å². The predicted molar refractivity (Wildman–Crippen MR) is 89.8 cm³/mol. The first-order valence-corrected chi connectivity index (χ1v) is 8.08. The molecule has 24 heavy (non-hydrogen) atoms. The Balaban J connectivity index is 2.09. The van der Waals surface area contributed by atoms with Crippen LogP contribution in [-0.2, 0) is 4.79 Å². The summed E-state index contributed by atoms with van der Waals surface area (Å²) in [4.78, 5) is 38.5. The van der Waals surface area contributed by atoms with E-state index in [4.69, 9.17) is 0 Å². The van der Waals surface area contributed by atoms with E-state index in [1.165, 1.54) is 23.1 Å². The van der Waals surface area contributed by atoms with Gasteiger partial charge in [-0.25, -0.2) is 4.79 Å². The van der Waals surface area contributed by atoms with Crippen LogP contribution < -0.4 is 5.32 Å². The van der Waals surface area contributed by atoms with Crippen LogP contribution in [0.15, 0.2) is 24.3 Å². The summed E-state index contributed by atoms with van der Waals surface area (Å²) in [5.74, 6) is -0.0494. The van der Waals surface area contributed by atoms with Crippen molar-refractivity contribution in [1.29, 1.82) is 0 Å². The third-order valence-corrected chi connectivity index (χ3v) is 4.18. The maximum atomic E-state index is 12.5. The summed E-state index contributed by atoms with van der Waals surface area (Å²) >= 11 is 0. The van der Waals surface area contributed by atoms with Gasteiger partial charge in [-0.2, -0.15) is 0 Å². The summed E-state index contributed by atoms with van der Waals surface area (Å²) in [6.07, 6.45) is 1.40. The Morgan fingerprint density at radius 1 is 1.38 bits per heavy atom. The molecular formula is C16H22N4O4. The fraction of sp³-hybridized carbons (Fsp3) is 0.500. The molecule has 1 aromatic rings. The molecule has 2 rings (SSSR count). The molecule has 3 amide bonds. The fourth-order valence-corrected chi connectivity index (χ4v) is 2.91. The van der Waals surface area contributed by atoms with Crippen molar-refractivity contribution < 1.29 is 14.5 Å². The van der Waals surface area contributed by atoms with Gasteiger partial charge in [0.15, 0.2) is 0 Å². The lowest BCUT2D eigenvalue weighted by molar-refractivity contribution is -0.384. The number of nitrogens with one attached hydrogen (secondary N) is 1. The highest BCUT2D eigenvalue weighted by atomic mass is 16.6. The molecule has 0 aliphatic carbocycles. The summed E-state index contributed by atoms with van der Waals surface area (Å²) in [7, 11) is 0. The van der Waals surface area contributed by atoms with Gasteiger partial charge in [0.1, 0.15) is 6.04 Å². The molecule has 0 radical (unpaired) electrons. The van der Waals surface area contributed by atoms with E-state index in [0.717, 1.165) is 6.42 Å². The minimum Gasteiger partial charge on any atom is -0.341 e. The van der Waals surface area contributed by atoms with Crippen LogP contribution in [0.3, 0.4) is 0 Å². The number of anilines is 1. The van der Waals surface area contributed by atoms with Crippen molar-refractivity contribution in [3.63, 3.8) is 0 Å². The molecule has 1 N–H and O–H groups in total. The van der Waals surface area contributed by atoms with Crippen LogP contribution in [0.4, 0.5) is 16.2 Å². The minimum absolute atomic E-state index is 0.0494. The molecule has 0 bridgehead atoms. The van der Waals surface area contributed by atoms with Crippen molar-refractivity contribution >= 4 is 23.3 Å². The molecule has 8 heteroatoms. The number of nitrogens with zero attached hydrogens (tertiary/aromatic N) is 3. The van der Waals surface area contributed by atoms with Gasteiger partial charge in [-0.15, -0.1) is 0 Å². The number of nitro benzene ring substituents is 1. The summed E-state index contributed by atoms with van der Waals surface area (Å²) in [5.41, 5.74) is 0.250. The number of likely N-dealkylation sites (tertiary alicyclic amines) is 1. The number of likely N-dealkylation sites (N-methyl/N-ethyl adjacent to an activating group) is 1. The van der Waals surface area contributed by atoms with Crippen LogP contribution in [0.1, 0.15) is 26.7 Å². The lowest BCUT2D eigenvalue weighted by atomic mass is 10.2. The van der Waals surface area contributed by atoms with Crippen molar-refractivity contribution in [3.05, 3.63) is 34.4 Å². The number of non-ortho nitro benzene ring substituents is 1. The molecule has 8 nitrogen and oxygen atoms in total. The van der Waals surface area contributed by atoms with Gasteiger partial charge < -0.3 is 15.1 Å². The normalized spacial score (nSPS) is 16.8. The Bertz CT molecular complexity index is 630. The summed E-state index contributed by atoms with van der Waals surface area (Å²) in [6, 6.07) is 4.88. The first-order chi connectivity index (χ1) is 11.5. The molecule has 0 unspecified atom stereocenters. The number of rotatable bonds is 5. The Hall–Kier alpha value is -2.64. The molecule has 0 saturated carbocycles. The van der Waals surface area contributed by atoms with E-state index in [1.807, 2.05) is 13.8 Å². The van der Waals surface area contributed by atoms with Gasteiger partial charge in [0, 0.05) is 37.5 Å². The highest BCUT2D eigenvalue weighted by Crippen LogP contribution is 2.22. The Labute approximate surface area is 140 Å². The lowest BCUT2D eigenvalue weighted by Crippen LogP contribution is -2.49. The van der Waals surface area contributed by atoms with E-state index in [1.54, 1.807) is 11.0 Å². The minimum atomic E-state index is -0.516. The second-order valence-corrected chi connectivity index (χ2v) is 5.60. The van der Waals surface area contributed by atoms with E-state index in [0.29, 0.717) is 31.7 Å². The maximum Gasteiger partial charge on any atom is 0.322 e. The maximum absolute atomic E-state index is 12.5. The third-order valence-electron chi connectivity index (χ3n) is 4.18. The Morgan fingerprint density at radius 2 is 2.08 bits per heavy atom. The number of urea groups is 1. The van der Waals surface area contributed by atoms with Gasteiger partial charge >= 0.3 is 6.03 Å². The first-order valence-electron chi connectivity index (χ1n) is 8.08. The monoisotopic (exact) mass is 334 g/mol. The molecule has 0 spiro atoms. The van der Waals surface area contributed by atoms with Crippen molar-refractivity contribution in [1.82, 2.24) is 9.80 Å².